The molecular weight excluding hydrogens is 334 g/mol. The highest BCUT2D eigenvalue weighted by Gasteiger charge is 2.30. The highest BCUT2D eigenvalue weighted by molar-refractivity contribution is 5.84. The molecule has 0 unspecified atom stereocenters. The Morgan fingerprint density at radius 2 is 1.67 bits per heavy atom. The normalized spacial score (nSPS) is 19.7. The van der Waals surface area contributed by atoms with Crippen LogP contribution >= 0.6 is 0 Å². The average molecular weight is 359 g/mol. The van der Waals surface area contributed by atoms with Gasteiger partial charge in [0, 0.05) is 23.0 Å². The maximum absolute atomic E-state index is 11.6. The van der Waals surface area contributed by atoms with Gasteiger partial charge in [0.15, 0.2) is 0 Å². The molecule has 4 nitrogen and oxygen atoms in total. The second-order valence-electron chi connectivity index (χ2n) is 7.43. The number of para-hydroxylation sites is 2. The summed E-state index contributed by atoms with van der Waals surface area (Å²) in [6, 6.07) is 21.2. The number of rotatable bonds is 4. The number of hydrogen-bond acceptors (Lipinski definition) is 3. The molecule has 1 heterocycles. The number of carbonyl (C=O) groups excluding carboxylic acids is 1. The first-order valence-electron chi connectivity index (χ1n) is 9.63. The van der Waals surface area contributed by atoms with E-state index in [1.807, 2.05) is 12.1 Å². The monoisotopic (exact) mass is 359 g/mol. The summed E-state index contributed by atoms with van der Waals surface area (Å²) in [6.07, 6.45) is 3.57. The Morgan fingerprint density at radius 1 is 1.00 bits per heavy atom. The molecule has 0 saturated heterocycles. The van der Waals surface area contributed by atoms with Gasteiger partial charge in [-0.3, -0.25) is 4.79 Å². The van der Waals surface area contributed by atoms with Gasteiger partial charge in [0.2, 0.25) is 5.91 Å². The molecule has 0 radical (unpaired) electrons. The lowest BCUT2D eigenvalue weighted by Gasteiger charge is -2.37. The number of fused-ring (bicyclic) bond motifs is 1. The molecule has 1 aliphatic rings. The number of nitrogens with two attached hydrogens (primary N) is 1. The van der Waals surface area contributed by atoms with Crippen LogP contribution in [0.25, 0.3) is 10.9 Å². The molecule has 1 fully saturated rings. The smallest absolute Gasteiger partial charge is 0.220 e. The molecule has 1 saturated carbocycles. The number of pyridine rings is 1. The van der Waals surface area contributed by atoms with Gasteiger partial charge in [0.25, 0.3) is 0 Å². The van der Waals surface area contributed by atoms with Crippen molar-refractivity contribution in [2.24, 2.45) is 11.7 Å². The molecule has 2 aromatic carbocycles. The third-order valence-corrected chi connectivity index (χ3v) is 5.65. The standard InChI is InChI=1S/C23H25N3O/c1-16-15-22(25-21-10-6-5-9-20(16)21)26(18-7-3-2-4-8-18)19-13-11-17(12-14-19)23(24)27/h2-10,15,17,19H,11-14H2,1H3,(H2,24,27)/t17-,19+. The number of primary amides is 1. The number of aromatic nitrogens is 1. The average Bonchev–Trinajstić information content (AvgIpc) is 2.69. The lowest BCUT2D eigenvalue weighted by molar-refractivity contribution is -0.122. The summed E-state index contributed by atoms with van der Waals surface area (Å²) in [5.41, 5.74) is 8.91. The van der Waals surface area contributed by atoms with Gasteiger partial charge >= 0.3 is 0 Å². The fourth-order valence-corrected chi connectivity index (χ4v) is 4.19. The zero-order chi connectivity index (χ0) is 18.8. The van der Waals surface area contributed by atoms with Crippen molar-refractivity contribution in [1.29, 1.82) is 0 Å². The minimum Gasteiger partial charge on any atom is -0.369 e. The molecule has 0 spiro atoms. The largest absolute Gasteiger partial charge is 0.369 e. The Kier molecular flexibility index (Phi) is 4.80. The van der Waals surface area contributed by atoms with Crippen LogP contribution in [-0.4, -0.2) is 16.9 Å². The van der Waals surface area contributed by atoms with Crippen LogP contribution in [0.15, 0.2) is 60.7 Å². The van der Waals surface area contributed by atoms with E-state index in [1.54, 1.807) is 0 Å². The zero-order valence-corrected chi connectivity index (χ0v) is 15.6. The number of aryl methyl sites for hydroxylation is 1. The topological polar surface area (TPSA) is 59.2 Å². The Morgan fingerprint density at radius 3 is 2.37 bits per heavy atom. The summed E-state index contributed by atoms with van der Waals surface area (Å²) in [5.74, 6) is 0.810. The molecule has 0 bridgehead atoms. The summed E-state index contributed by atoms with van der Waals surface area (Å²) in [6.45, 7) is 2.14. The quantitative estimate of drug-likeness (QED) is 0.733. The summed E-state index contributed by atoms with van der Waals surface area (Å²) in [7, 11) is 0. The van der Waals surface area contributed by atoms with Crippen LogP contribution < -0.4 is 10.6 Å². The lowest BCUT2D eigenvalue weighted by Crippen LogP contribution is -2.38. The molecule has 0 atom stereocenters. The van der Waals surface area contributed by atoms with Crippen molar-refractivity contribution in [3.63, 3.8) is 0 Å². The predicted octanol–water partition coefficient (Wildman–Crippen LogP) is 4.73. The zero-order valence-electron chi connectivity index (χ0n) is 15.6. The predicted molar refractivity (Wildman–Crippen MR) is 110 cm³/mol. The first-order chi connectivity index (χ1) is 13.1. The number of hydrogen-bond donors (Lipinski definition) is 1. The molecule has 1 amide bonds. The molecular formula is C23H25N3O. The molecule has 0 aliphatic heterocycles. The Hall–Kier alpha value is -2.88. The third kappa shape index (κ3) is 3.52. The fraction of sp³-hybridized carbons (Fsp3) is 0.304. The lowest BCUT2D eigenvalue weighted by atomic mass is 9.84. The van der Waals surface area contributed by atoms with Crippen LogP contribution in [0.4, 0.5) is 11.5 Å². The van der Waals surface area contributed by atoms with Gasteiger partial charge in [-0.2, -0.15) is 0 Å². The van der Waals surface area contributed by atoms with Crippen molar-refractivity contribution >= 4 is 28.3 Å². The Bertz CT molecular complexity index is 946. The molecule has 1 aliphatic carbocycles. The molecule has 1 aromatic heterocycles. The number of amides is 1. The summed E-state index contributed by atoms with van der Waals surface area (Å²) < 4.78 is 0. The van der Waals surface area contributed by atoms with Gasteiger partial charge in [-0.15, -0.1) is 0 Å². The minimum absolute atomic E-state index is 0.00479. The molecule has 4 heteroatoms. The van der Waals surface area contributed by atoms with E-state index in [1.165, 1.54) is 10.9 Å². The van der Waals surface area contributed by atoms with E-state index in [-0.39, 0.29) is 11.8 Å². The highest BCUT2D eigenvalue weighted by Crippen LogP contribution is 2.36. The Labute approximate surface area is 160 Å². The summed E-state index contributed by atoms with van der Waals surface area (Å²) in [4.78, 5) is 18.9. The van der Waals surface area contributed by atoms with Gasteiger partial charge in [-0.25, -0.2) is 4.98 Å². The van der Waals surface area contributed by atoms with Crippen molar-refractivity contribution in [3.8, 4) is 0 Å². The number of carbonyl (C=O) groups is 1. The Balaban J connectivity index is 1.74. The van der Waals surface area contributed by atoms with Crippen LogP contribution in [0.1, 0.15) is 31.2 Å². The molecule has 138 valence electrons. The second-order valence-corrected chi connectivity index (χ2v) is 7.43. The van der Waals surface area contributed by atoms with E-state index in [4.69, 9.17) is 10.7 Å². The van der Waals surface area contributed by atoms with Gasteiger partial charge in [-0.05, 0) is 62.4 Å². The van der Waals surface area contributed by atoms with E-state index in [2.05, 4.69) is 60.4 Å². The van der Waals surface area contributed by atoms with E-state index in [0.29, 0.717) is 6.04 Å². The SMILES string of the molecule is Cc1cc(N(c2ccccc2)[C@H]2CC[C@@H](C(N)=O)CC2)nc2ccccc12. The van der Waals surface area contributed by atoms with E-state index in [9.17, 15) is 4.79 Å². The van der Waals surface area contributed by atoms with Crippen LogP contribution in [0.2, 0.25) is 0 Å². The first-order valence-corrected chi connectivity index (χ1v) is 9.63. The number of benzene rings is 2. The van der Waals surface area contributed by atoms with Crippen LogP contribution in [0, 0.1) is 12.8 Å². The van der Waals surface area contributed by atoms with Crippen molar-refractivity contribution in [2.75, 3.05) is 4.90 Å². The summed E-state index contributed by atoms with van der Waals surface area (Å²) in [5, 5.41) is 1.19. The van der Waals surface area contributed by atoms with Crippen molar-refractivity contribution in [1.82, 2.24) is 4.98 Å². The molecule has 3 aromatic rings. The van der Waals surface area contributed by atoms with E-state index >= 15 is 0 Å². The van der Waals surface area contributed by atoms with E-state index in [0.717, 1.165) is 42.7 Å². The summed E-state index contributed by atoms with van der Waals surface area (Å²) >= 11 is 0. The minimum atomic E-state index is -0.167. The van der Waals surface area contributed by atoms with Gasteiger partial charge < -0.3 is 10.6 Å². The fourth-order valence-electron chi connectivity index (χ4n) is 4.19. The number of anilines is 2. The second kappa shape index (κ2) is 7.39. The molecule has 4 rings (SSSR count). The third-order valence-electron chi connectivity index (χ3n) is 5.65. The highest BCUT2D eigenvalue weighted by atomic mass is 16.1. The van der Waals surface area contributed by atoms with E-state index < -0.39 is 0 Å². The van der Waals surface area contributed by atoms with Gasteiger partial charge in [0.05, 0.1) is 5.52 Å². The van der Waals surface area contributed by atoms with Crippen molar-refractivity contribution in [2.45, 2.75) is 38.6 Å². The molecule has 27 heavy (non-hydrogen) atoms. The van der Waals surface area contributed by atoms with Gasteiger partial charge in [-0.1, -0.05) is 36.4 Å². The van der Waals surface area contributed by atoms with Crippen LogP contribution in [0.3, 0.4) is 0 Å². The maximum Gasteiger partial charge on any atom is 0.220 e. The van der Waals surface area contributed by atoms with Crippen molar-refractivity contribution < 1.29 is 4.79 Å². The number of nitrogens with zero attached hydrogens (tertiary/aromatic N) is 2. The maximum atomic E-state index is 11.6. The van der Waals surface area contributed by atoms with Crippen LogP contribution in [-0.2, 0) is 4.79 Å². The van der Waals surface area contributed by atoms with Crippen molar-refractivity contribution in [3.05, 3.63) is 66.2 Å². The first kappa shape index (κ1) is 17.5. The molecule has 2 N–H and O–H groups in total. The van der Waals surface area contributed by atoms with Gasteiger partial charge in [0.1, 0.15) is 5.82 Å². The van der Waals surface area contributed by atoms with Crippen LogP contribution in [0.5, 0.6) is 0 Å².